The zero-order valence-electron chi connectivity index (χ0n) is 10.6. The second-order valence-electron chi connectivity index (χ2n) is 4.34. The lowest BCUT2D eigenvalue weighted by molar-refractivity contribution is -0.0299. The van der Waals surface area contributed by atoms with Gasteiger partial charge in [-0.05, 0) is 18.4 Å². The summed E-state index contributed by atoms with van der Waals surface area (Å²) in [6.45, 7) is 3.57. The third kappa shape index (κ3) is 2.66. The fourth-order valence-electron chi connectivity index (χ4n) is 1.94. The number of thiophene rings is 1. The maximum absolute atomic E-state index is 12.4. The van der Waals surface area contributed by atoms with Gasteiger partial charge in [-0.25, -0.2) is 0 Å². The highest BCUT2D eigenvalue weighted by Gasteiger charge is 2.29. The number of rotatable bonds is 3. The number of amides is 1. The minimum absolute atomic E-state index is 0.00389. The molecule has 6 heteroatoms. The van der Waals surface area contributed by atoms with Crippen molar-refractivity contribution in [3.63, 3.8) is 0 Å². The molecule has 5 nitrogen and oxygen atoms in total. The molecule has 0 aromatic carbocycles. The second-order valence-corrected chi connectivity index (χ2v) is 5.25. The molecule has 1 aliphatic heterocycles. The maximum atomic E-state index is 12.4. The van der Waals surface area contributed by atoms with Crippen molar-refractivity contribution in [2.45, 2.75) is 19.1 Å². The van der Waals surface area contributed by atoms with Crippen LogP contribution in [0.25, 0.3) is 0 Å². The van der Waals surface area contributed by atoms with Gasteiger partial charge < -0.3 is 20.1 Å². The molecular weight excluding hydrogens is 252 g/mol. The summed E-state index contributed by atoms with van der Waals surface area (Å²) < 4.78 is 10.7. The molecule has 18 heavy (non-hydrogen) atoms. The van der Waals surface area contributed by atoms with Gasteiger partial charge >= 0.3 is 0 Å². The van der Waals surface area contributed by atoms with Gasteiger partial charge in [0.05, 0.1) is 19.8 Å². The average Bonchev–Trinajstić information content (AvgIpc) is 2.86. The molecule has 2 heterocycles. The molecule has 2 unspecified atom stereocenters. The molecular formula is C12H18N2O3S. The zero-order valence-corrected chi connectivity index (χ0v) is 11.4. The van der Waals surface area contributed by atoms with E-state index in [1.165, 1.54) is 11.3 Å². The van der Waals surface area contributed by atoms with Gasteiger partial charge in [-0.15, -0.1) is 11.3 Å². The number of morpholine rings is 1. The monoisotopic (exact) mass is 270 g/mol. The summed E-state index contributed by atoms with van der Waals surface area (Å²) in [4.78, 5) is 14.8. The summed E-state index contributed by atoms with van der Waals surface area (Å²) in [7, 11) is 1.57. The largest absolute Gasteiger partial charge is 0.495 e. The van der Waals surface area contributed by atoms with Gasteiger partial charge in [0.2, 0.25) is 0 Å². The Balaban J connectivity index is 2.09. The van der Waals surface area contributed by atoms with Crippen molar-refractivity contribution in [2.75, 3.05) is 26.8 Å². The number of carbonyl (C=O) groups is 1. The molecule has 0 radical (unpaired) electrons. The zero-order chi connectivity index (χ0) is 13.1. The fraction of sp³-hybridized carbons (Fsp3) is 0.583. The SMILES string of the molecule is COc1ccsc1C(=O)N1CCOC(C(C)N)C1. The molecule has 1 aromatic rings. The average molecular weight is 270 g/mol. The van der Waals surface area contributed by atoms with E-state index in [1.807, 2.05) is 12.3 Å². The van der Waals surface area contributed by atoms with Crippen molar-refractivity contribution in [2.24, 2.45) is 5.73 Å². The third-order valence-electron chi connectivity index (χ3n) is 3.01. The Morgan fingerprint density at radius 1 is 1.72 bits per heavy atom. The normalized spacial score (nSPS) is 21.7. The Hall–Kier alpha value is -1.11. The Labute approximate surface area is 110 Å². The summed E-state index contributed by atoms with van der Waals surface area (Å²) in [6.07, 6.45) is -0.0892. The quantitative estimate of drug-likeness (QED) is 0.888. The lowest BCUT2D eigenvalue weighted by Gasteiger charge is -2.34. The Bertz CT molecular complexity index is 419. The number of methoxy groups -OCH3 is 1. The van der Waals surface area contributed by atoms with E-state index in [2.05, 4.69) is 0 Å². The van der Waals surface area contributed by atoms with Crippen LogP contribution in [0, 0.1) is 0 Å². The standard InChI is InChI=1S/C12H18N2O3S/c1-8(13)10-7-14(4-5-17-10)12(15)11-9(16-2)3-6-18-11/h3,6,8,10H,4-5,7,13H2,1-2H3. The summed E-state index contributed by atoms with van der Waals surface area (Å²) in [5.41, 5.74) is 5.82. The van der Waals surface area contributed by atoms with E-state index in [0.717, 1.165) is 0 Å². The van der Waals surface area contributed by atoms with Crippen LogP contribution in [-0.4, -0.2) is 49.8 Å². The predicted octanol–water partition coefficient (Wildman–Crippen LogP) is 0.945. The number of carbonyl (C=O) groups excluding carboxylic acids is 1. The van der Waals surface area contributed by atoms with Gasteiger partial charge in [-0.3, -0.25) is 4.79 Å². The maximum Gasteiger partial charge on any atom is 0.267 e. The first-order valence-corrected chi connectivity index (χ1v) is 6.79. The number of hydrogen-bond donors (Lipinski definition) is 1. The molecule has 0 saturated carbocycles. The van der Waals surface area contributed by atoms with Crippen molar-refractivity contribution in [3.05, 3.63) is 16.3 Å². The van der Waals surface area contributed by atoms with E-state index >= 15 is 0 Å². The molecule has 1 saturated heterocycles. The van der Waals surface area contributed by atoms with E-state index < -0.39 is 0 Å². The number of nitrogens with zero attached hydrogens (tertiary/aromatic N) is 1. The minimum atomic E-state index is -0.0892. The molecule has 0 spiro atoms. The van der Waals surface area contributed by atoms with Crippen molar-refractivity contribution < 1.29 is 14.3 Å². The van der Waals surface area contributed by atoms with E-state index in [-0.39, 0.29) is 18.1 Å². The molecule has 2 rings (SSSR count). The first-order chi connectivity index (χ1) is 8.63. The molecule has 1 fully saturated rings. The van der Waals surface area contributed by atoms with Gasteiger partial charge in [0, 0.05) is 19.1 Å². The van der Waals surface area contributed by atoms with E-state index in [0.29, 0.717) is 30.3 Å². The van der Waals surface area contributed by atoms with Crippen molar-refractivity contribution in [1.29, 1.82) is 0 Å². The fourth-order valence-corrected chi connectivity index (χ4v) is 2.76. The molecule has 1 aliphatic rings. The first-order valence-electron chi connectivity index (χ1n) is 5.91. The van der Waals surface area contributed by atoms with Crippen molar-refractivity contribution >= 4 is 17.2 Å². The molecule has 2 N–H and O–H groups in total. The number of nitrogens with two attached hydrogens (primary N) is 1. The van der Waals surface area contributed by atoms with Gasteiger partial charge in [-0.2, -0.15) is 0 Å². The van der Waals surface area contributed by atoms with Crippen molar-refractivity contribution in [3.8, 4) is 5.75 Å². The Morgan fingerprint density at radius 2 is 2.50 bits per heavy atom. The van der Waals surface area contributed by atoms with Crippen LogP contribution in [0.5, 0.6) is 5.75 Å². The highest BCUT2D eigenvalue weighted by Crippen LogP contribution is 2.26. The third-order valence-corrected chi connectivity index (χ3v) is 3.89. The van der Waals surface area contributed by atoms with Gasteiger partial charge in [0.15, 0.2) is 0 Å². The van der Waals surface area contributed by atoms with Crippen molar-refractivity contribution in [1.82, 2.24) is 4.90 Å². The van der Waals surface area contributed by atoms with E-state index in [9.17, 15) is 4.79 Å². The minimum Gasteiger partial charge on any atom is -0.495 e. The molecule has 2 atom stereocenters. The Morgan fingerprint density at radius 3 is 3.17 bits per heavy atom. The van der Waals surface area contributed by atoms with Crippen LogP contribution in [0.1, 0.15) is 16.6 Å². The summed E-state index contributed by atoms with van der Waals surface area (Å²) >= 11 is 1.40. The number of hydrogen-bond acceptors (Lipinski definition) is 5. The topological polar surface area (TPSA) is 64.8 Å². The van der Waals surface area contributed by atoms with Crippen LogP contribution in [0.15, 0.2) is 11.4 Å². The first kappa shape index (κ1) is 13.3. The van der Waals surface area contributed by atoms with Crippen LogP contribution in [0.3, 0.4) is 0 Å². The summed E-state index contributed by atoms with van der Waals surface area (Å²) in [6, 6.07) is 1.73. The lowest BCUT2D eigenvalue weighted by atomic mass is 10.1. The van der Waals surface area contributed by atoms with E-state index in [1.54, 1.807) is 18.1 Å². The number of ether oxygens (including phenoxy) is 2. The van der Waals surface area contributed by atoms with Gasteiger partial charge in [-0.1, -0.05) is 0 Å². The predicted molar refractivity (Wildman–Crippen MR) is 70.2 cm³/mol. The van der Waals surface area contributed by atoms with Crippen LogP contribution in [-0.2, 0) is 4.74 Å². The molecule has 100 valence electrons. The van der Waals surface area contributed by atoms with Crippen LogP contribution < -0.4 is 10.5 Å². The van der Waals surface area contributed by atoms with Gasteiger partial charge in [0.1, 0.15) is 10.6 Å². The van der Waals surface area contributed by atoms with Crippen LogP contribution in [0.4, 0.5) is 0 Å². The summed E-state index contributed by atoms with van der Waals surface area (Å²) in [5.74, 6) is 0.629. The smallest absolute Gasteiger partial charge is 0.267 e. The lowest BCUT2D eigenvalue weighted by Crippen LogP contribution is -2.51. The summed E-state index contributed by atoms with van der Waals surface area (Å²) in [5, 5.41) is 1.86. The van der Waals surface area contributed by atoms with E-state index in [4.69, 9.17) is 15.2 Å². The second kappa shape index (κ2) is 5.69. The van der Waals surface area contributed by atoms with Gasteiger partial charge in [0.25, 0.3) is 5.91 Å². The van der Waals surface area contributed by atoms with Crippen LogP contribution in [0.2, 0.25) is 0 Å². The molecule has 1 aromatic heterocycles. The van der Waals surface area contributed by atoms with Crippen LogP contribution >= 0.6 is 11.3 Å². The highest BCUT2D eigenvalue weighted by molar-refractivity contribution is 7.12. The Kier molecular flexibility index (Phi) is 4.21. The molecule has 0 bridgehead atoms. The highest BCUT2D eigenvalue weighted by atomic mass is 32.1. The molecule has 0 aliphatic carbocycles. The molecule has 1 amide bonds.